The smallest absolute Gasteiger partial charge is 0.270 e. The number of carbonyl (C=O) groups is 1. The van der Waals surface area contributed by atoms with Gasteiger partial charge in [-0.1, -0.05) is 48.0 Å². The summed E-state index contributed by atoms with van der Waals surface area (Å²) in [5.41, 5.74) is 2.05. The van der Waals surface area contributed by atoms with Crippen molar-refractivity contribution in [3.8, 4) is 5.75 Å². The molecule has 0 bridgehead atoms. The summed E-state index contributed by atoms with van der Waals surface area (Å²) in [7, 11) is -2.74. The number of nitrogens with one attached hydrogen (secondary N) is 1. The number of fused-ring (bicyclic) bond motifs is 1. The second-order valence-electron chi connectivity index (χ2n) is 9.30. The third-order valence-corrected chi connectivity index (χ3v) is 8.17. The minimum absolute atomic E-state index is 0.0187. The Balaban J connectivity index is 1.58. The van der Waals surface area contributed by atoms with E-state index in [1.54, 1.807) is 30.3 Å². The van der Waals surface area contributed by atoms with Crippen LogP contribution in [0.3, 0.4) is 0 Å². The number of rotatable bonds is 6. The van der Waals surface area contributed by atoms with Gasteiger partial charge < -0.3 is 9.47 Å². The number of amides is 1. The van der Waals surface area contributed by atoms with Gasteiger partial charge in [-0.15, -0.1) is 0 Å². The van der Waals surface area contributed by atoms with Crippen LogP contribution in [0.25, 0.3) is 10.9 Å². The van der Waals surface area contributed by atoms with Crippen LogP contribution in [-0.4, -0.2) is 26.4 Å². The lowest BCUT2D eigenvalue weighted by molar-refractivity contribution is -0.145. The molecule has 1 aromatic heterocycles. The maximum atomic E-state index is 14.0. The fourth-order valence-electron chi connectivity index (χ4n) is 4.94. The molecule has 1 amide bonds. The van der Waals surface area contributed by atoms with Crippen LogP contribution in [0.4, 0.5) is 0 Å². The number of nitrogens with zero attached hydrogens (tertiary/aromatic N) is 1. The van der Waals surface area contributed by atoms with Crippen LogP contribution < -0.4 is 9.46 Å². The average Bonchev–Trinajstić information content (AvgIpc) is 3.35. The van der Waals surface area contributed by atoms with Crippen LogP contribution in [0.15, 0.2) is 83.8 Å². The molecule has 1 N–H and O–H groups in total. The van der Waals surface area contributed by atoms with E-state index in [-0.39, 0.29) is 17.4 Å². The van der Waals surface area contributed by atoms with Gasteiger partial charge in [-0.05, 0) is 68.7 Å². The van der Waals surface area contributed by atoms with Crippen molar-refractivity contribution < 1.29 is 22.7 Å². The average molecular weight is 517 g/mol. The number of hydrogen-bond acceptors (Lipinski definition) is 6. The Morgan fingerprint density at radius 3 is 2.57 bits per heavy atom. The van der Waals surface area contributed by atoms with Gasteiger partial charge in [0.15, 0.2) is 5.60 Å². The molecule has 0 saturated carbocycles. The van der Waals surface area contributed by atoms with Crippen molar-refractivity contribution in [1.29, 1.82) is 0 Å². The highest BCUT2D eigenvalue weighted by Gasteiger charge is 2.51. The van der Waals surface area contributed by atoms with Crippen LogP contribution in [0.2, 0.25) is 0 Å². The third kappa shape index (κ3) is 4.58. The zero-order valence-corrected chi connectivity index (χ0v) is 21.7. The highest BCUT2D eigenvalue weighted by molar-refractivity contribution is 7.90. The minimum Gasteiger partial charge on any atom is -0.496 e. The van der Waals surface area contributed by atoms with E-state index >= 15 is 0 Å². The van der Waals surface area contributed by atoms with E-state index in [0.29, 0.717) is 28.6 Å². The molecule has 1 fully saturated rings. The number of aryl methyl sites for hydroxylation is 2. The summed E-state index contributed by atoms with van der Waals surface area (Å²) >= 11 is 0. The van der Waals surface area contributed by atoms with Crippen molar-refractivity contribution >= 4 is 26.8 Å². The standard InChI is InChI=1S/C29H28N2O5S/c1-19-12-15-26(35-3)23(18-19)29(17-16-25(36-29)21-8-5-4-6-9-21)28(32)31-37(33,34)27-11-7-10-24-22(27)14-13-20(2)30-24/h4-15,18,25H,16-17H2,1-3H3,(H,31,32)/t25-,29+/m1/s1. The van der Waals surface area contributed by atoms with Crippen LogP contribution in [-0.2, 0) is 25.2 Å². The van der Waals surface area contributed by atoms with E-state index in [9.17, 15) is 13.2 Å². The van der Waals surface area contributed by atoms with Crippen molar-refractivity contribution in [2.75, 3.05) is 7.11 Å². The molecule has 37 heavy (non-hydrogen) atoms. The summed E-state index contributed by atoms with van der Waals surface area (Å²) in [6.07, 6.45) is 0.431. The molecular formula is C29H28N2O5S. The summed E-state index contributed by atoms with van der Waals surface area (Å²) in [6.45, 7) is 3.74. The van der Waals surface area contributed by atoms with Gasteiger partial charge in [-0.25, -0.2) is 13.1 Å². The molecule has 1 aliphatic heterocycles. The van der Waals surface area contributed by atoms with Crippen LogP contribution in [0.1, 0.15) is 41.3 Å². The number of methoxy groups -OCH3 is 1. The fourth-order valence-corrected chi connectivity index (χ4v) is 6.18. The molecular weight excluding hydrogens is 488 g/mol. The molecule has 8 heteroatoms. The van der Waals surface area contributed by atoms with Gasteiger partial charge in [0, 0.05) is 16.6 Å². The molecule has 0 unspecified atom stereocenters. The molecule has 2 atom stereocenters. The molecule has 4 aromatic rings. The highest BCUT2D eigenvalue weighted by Crippen LogP contribution is 2.49. The first-order chi connectivity index (χ1) is 17.7. The Hall–Kier alpha value is -3.75. The number of benzene rings is 3. The van der Waals surface area contributed by atoms with Crippen LogP contribution in [0.5, 0.6) is 5.75 Å². The van der Waals surface area contributed by atoms with Crippen molar-refractivity contribution in [3.05, 3.63) is 101 Å². The quantitative estimate of drug-likeness (QED) is 0.383. The Labute approximate surface area is 216 Å². The van der Waals surface area contributed by atoms with E-state index < -0.39 is 21.5 Å². The molecule has 190 valence electrons. The van der Waals surface area contributed by atoms with Gasteiger partial charge in [0.05, 0.1) is 23.6 Å². The number of sulfonamides is 1. The van der Waals surface area contributed by atoms with Crippen LogP contribution in [0, 0.1) is 13.8 Å². The normalized spacial score (nSPS) is 19.6. The third-order valence-electron chi connectivity index (χ3n) is 6.78. The summed E-state index contributed by atoms with van der Waals surface area (Å²) < 4.78 is 41.6. The summed E-state index contributed by atoms with van der Waals surface area (Å²) in [5, 5.41) is 0.435. The first-order valence-electron chi connectivity index (χ1n) is 12.0. The van der Waals surface area contributed by atoms with E-state index in [1.165, 1.54) is 13.2 Å². The van der Waals surface area contributed by atoms with Gasteiger partial charge in [0.2, 0.25) is 0 Å². The molecule has 0 radical (unpaired) electrons. The van der Waals surface area contributed by atoms with E-state index in [4.69, 9.17) is 9.47 Å². The Morgan fingerprint density at radius 2 is 1.81 bits per heavy atom. The second kappa shape index (κ2) is 9.61. The molecule has 1 saturated heterocycles. The van der Waals surface area contributed by atoms with Gasteiger partial charge in [0.1, 0.15) is 5.75 Å². The Kier molecular flexibility index (Phi) is 6.47. The number of carbonyl (C=O) groups excluding carboxylic acids is 1. The zero-order chi connectivity index (χ0) is 26.2. The first kappa shape index (κ1) is 24.9. The minimum atomic E-state index is -4.25. The van der Waals surface area contributed by atoms with E-state index in [1.807, 2.05) is 56.3 Å². The van der Waals surface area contributed by atoms with Crippen molar-refractivity contribution in [1.82, 2.24) is 9.71 Å². The molecule has 0 aliphatic carbocycles. The molecule has 0 spiro atoms. The van der Waals surface area contributed by atoms with Gasteiger partial charge >= 0.3 is 0 Å². The predicted molar refractivity (Wildman–Crippen MR) is 141 cm³/mol. The van der Waals surface area contributed by atoms with E-state index in [2.05, 4.69) is 9.71 Å². The van der Waals surface area contributed by atoms with Gasteiger partial charge in [0.25, 0.3) is 15.9 Å². The molecule has 2 heterocycles. The molecule has 3 aromatic carbocycles. The fraction of sp³-hybridized carbons (Fsp3) is 0.241. The lowest BCUT2D eigenvalue weighted by atomic mass is 9.88. The molecule has 5 rings (SSSR count). The maximum Gasteiger partial charge on any atom is 0.270 e. The number of hydrogen-bond donors (Lipinski definition) is 1. The number of ether oxygens (including phenoxy) is 2. The summed E-state index contributed by atoms with van der Waals surface area (Å²) in [5.74, 6) is -0.302. The zero-order valence-electron chi connectivity index (χ0n) is 20.9. The SMILES string of the molecule is COc1ccc(C)cc1[C@]1(C(=O)NS(=O)(=O)c2cccc3nc(C)ccc23)CC[C@H](c2ccccc2)O1. The second-order valence-corrected chi connectivity index (χ2v) is 10.9. The largest absolute Gasteiger partial charge is 0.496 e. The van der Waals surface area contributed by atoms with Crippen molar-refractivity contribution in [2.24, 2.45) is 0 Å². The Bertz CT molecular complexity index is 1590. The predicted octanol–water partition coefficient (Wildman–Crippen LogP) is 5.11. The van der Waals surface area contributed by atoms with Gasteiger partial charge in [-0.2, -0.15) is 0 Å². The molecule has 1 aliphatic rings. The number of aromatic nitrogens is 1. The topological polar surface area (TPSA) is 94.6 Å². The summed E-state index contributed by atoms with van der Waals surface area (Å²) in [4.78, 5) is 18.4. The van der Waals surface area contributed by atoms with Crippen LogP contribution >= 0.6 is 0 Å². The first-order valence-corrected chi connectivity index (χ1v) is 13.5. The monoisotopic (exact) mass is 516 g/mol. The molecule has 7 nitrogen and oxygen atoms in total. The lowest BCUT2D eigenvalue weighted by Crippen LogP contribution is -2.46. The number of pyridine rings is 1. The Morgan fingerprint density at radius 1 is 1.03 bits per heavy atom. The highest BCUT2D eigenvalue weighted by atomic mass is 32.2. The van der Waals surface area contributed by atoms with Crippen molar-refractivity contribution in [3.63, 3.8) is 0 Å². The van der Waals surface area contributed by atoms with Gasteiger partial charge in [-0.3, -0.25) is 9.78 Å². The maximum absolute atomic E-state index is 14.0. The summed E-state index contributed by atoms with van der Waals surface area (Å²) in [6, 6.07) is 23.3. The van der Waals surface area contributed by atoms with Crippen molar-refractivity contribution in [2.45, 2.75) is 43.3 Å². The lowest BCUT2D eigenvalue weighted by Gasteiger charge is -2.30. The van der Waals surface area contributed by atoms with E-state index in [0.717, 1.165) is 16.8 Å².